The van der Waals surface area contributed by atoms with Crippen LogP contribution in [0.1, 0.15) is 38.5 Å². The molecule has 15 heavy (non-hydrogen) atoms. The lowest BCUT2D eigenvalue weighted by Gasteiger charge is -2.25. The minimum absolute atomic E-state index is 0.280. The number of ether oxygens (including phenoxy) is 2. The zero-order chi connectivity index (χ0) is 10.3. The van der Waals surface area contributed by atoms with Crippen LogP contribution in [0.15, 0.2) is 0 Å². The molecule has 3 nitrogen and oxygen atoms in total. The lowest BCUT2D eigenvalue weighted by Crippen LogP contribution is -2.41. The van der Waals surface area contributed by atoms with Gasteiger partial charge in [0.2, 0.25) is 0 Å². The van der Waals surface area contributed by atoms with Crippen LogP contribution in [0.25, 0.3) is 0 Å². The highest BCUT2D eigenvalue weighted by Crippen LogP contribution is 2.17. The molecule has 88 valence electrons. The van der Waals surface area contributed by atoms with Gasteiger partial charge in [-0.2, -0.15) is 0 Å². The molecule has 0 aromatic carbocycles. The van der Waals surface area contributed by atoms with E-state index in [-0.39, 0.29) is 6.10 Å². The highest BCUT2D eigenvalue weighted by molar-refractivity contribution is 4.73. The summed E-state index contributed by atoms with van der Waals surface area (Å²) in [4.78, 5) is 0. The number of hydrogen-bond donors (Lipinski definition) is 1. The summed E-state index contributed by atoms with van der Waals surface area (Å²) in [5.74, 6) is 0. The van der Waals surface area contributed by atoms with Crippen molar-refractivity contribution in [3.05, 3.63) is 0 Å². The van der Waals surface area contributed by atoms with Gasteiger partial charge in [0.1, 0.15) is 0 Å². The molecule has 2 fully saturated rings. The van der Waals surface area contributed by atoms with E-state index in [9.17, 15) is 0 Å². The highest BCUT2D eigenvalue weighted by Gasteiger charge is 2.17. The van der Waals surface area contributed by atoms with Crippen LogP contribution in [0.4, 0.5) is 0 Å². The maximum atomic E-state index is 5.61. The first-order valence-electron chi connectivity index (χ1n) is 6.38. The molecule has 0 aromatic heterocycles. The molecule has 3 heteroatoms. The van der Waals surface area contributed by atoms with Gasteiger partial charge in [-0.25, -0.2) is 0 Å². The Balaban J connectivity index is 1.62. The number of rotatable bonds is 3. The third kappa shape index (κ3) is 4.09. The molecule has 1 saturated heterocycles. The van der Waals surface area contributed by atoms with Crippen LogP contribution in [-0.4, -0.2) is 38.5 Å². The summed E-state index contributed by atoms with van der Waals surface area (Å²) in [5, 5.41) is 3.63. The molecular formula is C12H23NO2. The second kappa shape index (κ2) is 6.46. The molecule has 1 aliphatic heterocycles. The van der Waals surface area contributed by atoms with Crippen molar-refractivity contribution in [3.8, 4) is 0 Å². The molecule has 1 aliphatic carbocycles. The van der Waals surface area contributed by atoms with Crippen LogP contribution >= 0.6 is 0 Å². The van der Waals surface area contributed by atoms with Crippen molar-refractivity contribution in [1.29, 1.82) is 0 Å². The van der Waals surface area contributed by atoms with Crippen LogP contribution in [0.3, 0.4) is 0 Å². The maximum Gasteiger partial charge on any atom is 0.0933 e. The zero-order valence-corrected chi connectivity index (χ0v) is 9.54. The molecule has 0 radical (unpaired) electrons. The van der Waals surface area contributed by atoms with Gasteiger partial charge in [0.05, 0.1) is 25.9 Å². The van der Waals surface area contributed by atoms with Crippen molar-refractivity contribution in [2.24, 2.45) is 0 Å². The molecule has 1 atom stereocenters. The van der Waals surface area contributed by atoms with Crippen molar-refractivity contribution in [2.75, 3.05) is 26.4 Å². The number of nitrogens with one attached hydrogen (secondary N) is 1. The molecule has 1 saturated carbocycles. The van der Waals surface area contributed by atoms with Gasteiger partial charge in [0.15, 0.2) is 0 Å². The molecule has 1 N–H and O–H groups in total. The lowest BCUT2D eigenvalue weighted by atomic mass is 10.1. The van der Waals surface area contributed by atoms with Crippen molar-refractivity contribution in [3.63, 3.8) is 0 Å². The molecule has 0 spiro atoms. The van der Waals surface area contributed by atoms with Gasteiger partial charge in [-0.3, -0.25) is 0 Å². The Morgan fingerprint density at radius 1 is 1.00 bits per heavy atom. The average Bonchev–Trinajstić information content (AvgIpc) is 2.56. The first-order valence-corrected chi connectivity index (χ1v) is 6.38. The molecule has 2 aliphatic rings. The molecular weight excluding hydrogens is 190 g/mol. The van der Waals surface area contributed by atoms with Gasteiger partial charge in [-0.15, -0.1) is 0 Å². The van der Waals surface area contributed by atoms with E-state index in [1.165, 1.54) is 38.5 Å². The van der Waals surface area contributed by atoms with E-state index in [4.69, 9.17) is 9.47 Å². The molecule has 0 bridgehead atoms. The minimum Gasteiger partial charge on any atom is -0.376 e. The van der Waals surface area contributed by atoms with Crippen molar-refractivity contribution in [1.82, 2.24) is 5.32 Å². The summed E-state index contributed by atoms with van der Waals surface area (Å²) in [5.41, 5.74) is 0. The lowest BCUT2D eigenvalue weighted by molar-refractivity contribution is -0.0871. The molecule has 1 unspecified atom stereocenters. The fraction of sp³-hybridized carbons (Fsp3) is 1.00. The van der Waals surface area contributed by atoms with Crippen molar-refractivity contribution >= 4 is 0 Å². The Kier molecular flexibility index (Phi) is 4.90. The van der Waals surface area contributed by atoms with Gasteiger partial charge >= 0.3 is 0 Å². The van der Waals surface area contributed by atoms with Gasteiger partial charge in [-0.05, 0) is 12.8 Å². The Morgan fingerprint density at radius 3 is 2.47 bits per heavy atom. The molecule has 1 heterocycles. The largest absolute Gasteiger partial charge is 0.376 e. The van der Waals surface area contributed by atoms with Gasteiger partial charge < -0.3 is 14.8 Å². The summed E-state index contributed by atoms with van der Waals surface area (Å²) in [7, 11) is 0. The Labute approximate surface area is 92.5 Å². The normalized spacial score (nSPS) is 30.0. The van der Waals surface area contributed by atoms with E-state index in [0.717, 1.165) is 32.4 Å². The van der Waals surface area contributed by atoms with E-state index >= 15 is 0 Å². The van der Waals surface area contributed by atoms with Crippen molar-refractivity contribution < 1.29 is 9.47 Å². The Hall–Kier alpha value is -0.120. The smallest absolute Gasteiger partial charge is 0.0933 e. The predicted molar refractivity (Wildman–Crippen MR) is 60.1 cm³/mol. The quantitative estimate of drug-likeness (QED) is 0.724. The van der Waals surface area contributed by atoms with E-state index in [1.54, 1.807) is 0 Å². The first-order chi connectivity index (χ1) is 7.45. The van der Waals surface area contributed by atoms with E-state index < -0.39 is 0 Å². The maximum absolute atomic E-state index is 5.61. The standard InChI is InChI=1S/C12H23NO2/c1-2-4-6-11(5-3-1)13-9-12-10-14-7-8-15-12/h11-13H,1-10H2. The van der Waals surface area contributed by atoms with Crippen molar-refractivity contribution in [2.45, 2.75) is 50.7 Å². The van der Waals surface area contributed by atoms with E-state index in [2.05, 4.69) is 5.32 Å². The summed E-state index contributed by atoms with van der Waals surface area (Å²) < 4.78 is 11.0. The Morgan fingerprint density at radius 2 is 1.80 bits per heavy atom. The molecule has 0 aromatic rings. The van der Waals surface area contributed by atoms with Gasteiger partial charge in [0, 0.05) is 12.6 Å². The fourth-order valence-corrected chi connectivity index (χ4v) is 2.44. The van der Waals surface area contributed by atoms with E-state index in [0.29, 0.717) is 0 Å². The van der Waals surface area contributed by atoms with Gasteiger partial charge in [-0.1, -0.05) is 25.7 Å². The van der Waals surface area contributed by atoms with Crippen LogP contribution in [0.2, 0.25) is 0 Å². The second-order valence-electron chi connectivity index (χ2n) is 4.66. The first kappa shape index (κ1) is 11.4. The molecule has 0 amide bonds. The average molecular weight is 213 g/mol. The molecule has 2 rings (SSSR count). The second-order valence-corrected chi connectivity index (χ2v) is 4.66. The van der Waals surface area contributed by atoms with Gasteiger partial charge in [0.25, 0.3) is 0 Å². The third-order valence-electron chi connectivity index (χ3n) is 3.37. The predicted octanol–water partition coefficient (Wildman–Crippen LogP) is 1.71. The summed E-state index contributed by atoms with van der Waals surface area (Å²) in [6.07, 6.45) is 8.57. The number of hydrogen-bond acceptors (Lipinski definition) is 3. The third-order valence-corrected chi connectivity index (χ3v) is 3.37. The highest BCUT2D eigenvalue weighted by atomic mass is 16.6. The minimum atomic E-state index is 0.280. The van der Waals surface area contributed by atoms with Crippen LogP contribution in [0.5, 0.6) is 0 Å². The Bertz CT molecular complexity index is 161. The summed E-state index contributed by atoms with van der Waals surface area (Å²) in [6.45, 7) is 3.25. The topological polar surface area (TPSA) is 30.5 Å². The van der Waals surface area contributed by atoms with Crippen LogP contribution in [0, 0.1) is 0 Å². The van der Waals surface area contributed by atoms with Crippen LogP contribution < -0.4 is 5.32 Å². The summed E-state index contributed by atoms with van der Waals surface area (Å²) >= 11 is 0. The van der Waals surface area contributed by atoms with E-state index in [1.807, 2.05) is 0 Å². The summed E-state index contributed by atoms with van der Waals surface area (Å²) in [6, 6.07) is 0.720. The SMILES string of the molecule is C1CCCC(NCC2COCCO2)CC1. The zero-order valence-electron chi connectivity index (χ0n) is 9.54. The fourth-order valence-electron chi connectivity index (χ4n) is 2.44. The van der Waals surface area contributed by atoms with Crippen LogP contribution in [-0.2, 0) is 9.47 Å². The monoisotopic (exact) mass is 213 g/mol.